The second-order valence-corrected chi connectivity index (χ2v) is 16.0. The Balaban J connectivity index is 1.09. The average Bonchev–Trinajstić information content (AvgIpc) is 3.58. The Labute approximate surface area is 379 Å². The molecule has 2 amide bonds. The number of aliphatic carboxylic acids is 3. The molecule has 18 heteroatoms. The molecule has 0 spiro atoms. The summed E-state index contributed by atoms with van der Waals surface area (Å²) in [5.41, 5.74) is 4.65. The predicted octanol–water partition coefficient (Wildman–Crippen LogP) is 5.56. The van der Waals surface area contributed by atoms with Crippen LogP contribution in [0, 0.1) is 17.7 Å². The molecule has 5 rings (SSSR count). The first kappa shape index (κ1) is 49.5. The van der Waals surface area contributed by atoms with Crippen LogP contribution in [0.5, 0.6) is 11.6 Å². The molecule has 3 atom stereocenters. The number of nitrogens with one attached hydrogen (secondary N) is 2. The molecule has 6 N–H and O–H groups in total. The van der Waals surface area contributed by atoms with E-state index in [1.54, 1.807) is 16.7 Å². The van der Waals surface area contributed by atoms with E-state index in [2.05, 4.69) is 10.6 Å². The van der Waals surface area contributed by atoms with Gasteiger partial charge in [-0.1, -0.05) is 79.6 Å². The molecule has 0 saturated heterocycles. The van der Waals surface area contributed by atoms with Crippen molar-refractivity contribution >= 4 is 46.9 Å². The fourth-order valence-electron chi connectivity index (χ4n) is 7.38. The van der Waals surface area contributed by atoms with Gasteiger partial charge in [0.25, 0.3) is 0 Å². The van der Waals surface area contributed by atoms with Crippen LogP contribution in [-0.2, 0) is 46.4 Å². The number of nitrogens with zero attached hydrogens (tertiary/aromatic N) is 3. The maximum atomic E-state index is 15.3. The smallest absolute Gasteiger partial charge is 0.305 e. The van der Waals surface area contributed by atoms with Crippen LogP contribution >= 0.6 is 0 Å². The maximum absolute atomic E-state index is 15.3. The van der Waals surface area contributed by atoms with E-state index in [9.17, 15) is 48.9 Å². The molecule has 3 aromatic carbocycles. The van der Waals surface area contributed by atoms with Crippen molar-refractivity contribution in [1.82, 2.24) is 25.0 Å². The number of carboxylic acids is 3. The SMILES string of the molecule is CC(=O)C[C@@H](CC(=O)O)C(=O)N[C@@H](CC(=O)O)C(=O)C[C@@H](CC(=O)O)C(=O)NCCCCCCOc1ccc(Cc2nc3c(Cc4ccccc4)nc(-c4ccccc4)cn3c2O)cc1F. The summed E-state index contributed by atoms with van der Waals surface area (Å²) in [7, 11) is 0. The van der Waals surface area contributed by atoms with Gasteiger partial charge in [-0.05, 0) is 43.0 Å². The number of ether oxygens (including phenoxy) is 1. The van der Waals surface area contributed by atoms with Crippen LogP contribution in [0.2, 0.25) is 0 Å². The van der Waals surface area contributed by atoms with Crippen molar-refractivity contribution in [2.45, 2.75) is 83.6 Å². The van der Waals surface area contributed by atoms with Gasteiger partial charge in [-0.3, -0.25) is 33.2 Å². The molecule has 0 unspecified atom stereocenters. The Morgan fingerprint density at radius 3 is 1.95 bits per heavy atom. The third-order valence-corrected chi connectivity index (χ3v) is 10.6. The van der Waals surface area contributed by atoms with Gasteiger partial charge in [0.15, 0.2) is 23.0 Å². The number of fused-ring (bicyclic) bond motifs is 1. The Hall–Kier alpha value is -7.50. The lowest BCUT2D eigenvalue weighted by Gasteiger charge is -2.22. The minimum absolute atomic E-state index is 0.0485. The Morgan fingerprint density at radius 1 is 0.697 bits per heavy atom. The van der Waals surface area contributed by atoms with Crippen LogP contribution in [0.4, 0.5) is 4.39 Å². The molecule has 5 aromatic rings. The summed E-state index contributed by atoms with van der Waals surface area (Å²) in [5.74, 6) is -11.0. The van der Waals surface area contributed by atoms with E-state index in [1.165, 1.54) is 12.1 Å². The first-order valence-electron chi connectivity index (χ1n) is 21.4. The van der Waals surface area contributed by atoms with E-state index < -0.39 is 97.1 Å². The molecule has 66 heavy (non-hydrogen) atoms. The number of halogens is 1. The van der Waals surface area contributed by atoms with Crippen molar-refractivity contribution in [2.24, 2.45) is 11.8 Å². The molecule has 2 heterocycles. The number of rotatable bonds is 27. The van der Waals surface area contributed by atoms with Gasteiger partial charge in [-0.25, -0.2) is 14.4 Å². The van der Waals surface area contributed by atoms with E-state index in [-0.39, 0.29) is 31.2 Å². The zero-order valence-electron chi connectivity index (χ0n) is 36.3. The highest BCUT2D eigenvalue weighted by atomic mass is 19.1. The van der Waals surface area contributed by atoms with Gasteiger partial charge in [0.1, 0.15) is 11.5 Å². The number of hydrogen-bond acceptors (Lipinski definition) is 11. The van der Waals surface area contributed by atoms with Crippen LogP contribution in [0.15, 0.2) is 85.1 Å². The topological polar surface area (TPSA) is 264 Å². The number of ketones is 2. The van der Waals surface area contributed by atoms with Crippen LogP contribution in [0.25, 0.3) is 16.9 Å². The number of Topliss-reactive ketones (excluding diaryl/α,β-unsaturated/α-hetero) is 2. The normalized spacial score (nSPS) is 12.5. The van der Waals surface area contributed by atoms with Crippen LogP contribution < -0.4 is 15.4 Å². The Bertz CT molecular complexity index is 2520. The lowest BCUT2D eigenvalue weighted by molar-refractivity contribution is -0.144. The maximum Gasteiger partial charge on any atom is 0.305 e. The number of aromatic hydroxyl groups is 1. The molecule has 17 nitrogen and oxygen atoms in total. The van der Waals surface area contributed by atoms with Crippen molar-refractivity contribution in [2.75, 3.05) is 13.2 Å². The third kappa shape index (κ3) is 14.8. The molecular weight excluding hydrogens is 858 g/mol. The van der Waals surface area contributed by atoms with Crippen LogP contribution in [0.3, 0.4) is 0 Å². The third-order valence-electron chi connectivity index (χ3n) is 10.6. The molecule has 0 bridgehead atoms. The van der Waals surface area contributed by atoms with E-state index in [1.807, 2.05) is 60.7 Å². The lowest BCUT2D eigenvalue weighted by Crippen LogP contribution is -2.47. The van der Waals surface area contributed by atoms with Gasteiger partial charge in [0.05, 0.1) is 55.1 Å². The zero-order chi connectivity index (χ0) is 47.8. The summed E-state index contributed by atoms with van der Waals surface area (Å²) in [6, 6.07) is 22.3. The van der Waals surface area contributed by atoms with E-state index in [0.29, 0.717) is 60.4 Å². The number of amides is 2. The summed E-state index contributed by atoms with van der Waals surface area (Å²) in [5, 5.41) is 44.0. The minimum Gasteiger partial charge on any atom is -0.493 e. The second-order valence-electron chi connectivity index (χ2n) is 16.0. The highest BCUT2D eigenvalue weighted by Gasteiger charge is 2.33. The summed E-state index contributed by atoms with van der Waals surface area (Å²) in [4.78, 5) is 94.4. The number of carbonyl (C=O) groups is 7. The number of aromatic nitrogens is 3. The highest BCUT2D eigenvalue weighted by Crippen LogP contribution is 2.29. The minimum atomic E-state index is -1.71. The van der Waals surface area contributed by atoms with Crippen molar-refractivity contribution in [3.63, 3.8) is 0 Å². The Kier molecular flexibility index (Phi) is 18.0. The number of imidazole rings is 1. The van der Waals surface area contributed by atoms with Gasteiger partial charge in [0.2, 0.25) is 17.7 Å². The monoisotopic (exact) mass is 909 g/mol. The molecule has 348 valence electrons. The summed E-state index contributed by atoms with van der Waals surface area (Å²) >= 11 is 0. The summed E-state index contributed by atoms with van der Waals surface area (Å²) in [6.45, 7) is 1.45. The van der Waals surface area contributed by atoms with Crippen LogP contribution in [0.1, 0.15) is 87.2 Å². The molecule has 0 saturated carbocycles. The number of benzene rings is 3. The molecule has 0 radical (unpaired) electrons. The quantitative estimate of drug-likeness (QED) is 0.0353. The number of carboxylic acid groups (broad SMARTS) is 3. The van der Waals surface area contributed by atoms with Gasteiger partial charge in [-0.15, -0.1) is 0 Å². The van der Waals surface area contributed by atoms with E-state index >= 15 is 4.39 Å². The number of carbonyl (C=O) groups excluding carboxylic acids is 4. The highest BCUT2D eigenvalue weighted by molar-refractivity contribution is 5.97. The van der Waals surface area contributed by atoms with Gasteiger partial charge >= 0.3 is 17.9 Å². The van der Waals surface area contributed by atoms with E-state index in [0.717, 1.165) is 18.1 Å². The largest absolute Gasteiger partial charge is 0.493 e. The molecule has 0 aliphatic carbocycles. The Morgan fingerprint density at radius 2 is 1.32 bits per heavy atom. The zero-order valence-corrected chi connectivity index (χ0v) is 36.3. The van der Waals surface area contributed by atoms with Gasteiger partial charge < -0.3 is 40.6 Å². The number of hydrogen-bond donors (Lipinski definition) is 6. The molecule has 0 aliphatic rings. The van der Waals surface area contributed by atoms with Gasteiger partial charge in [-0.2, -0.15) is 0 Å². The van der Waals surface area contributed by atoms with Gasteiger partial charge in [0, 0.05) is 44.0 Å². The average molecular weight is 910 g/mol. The summed E-state index contributed by atoms with van der Waals surface area (Å²) in [6.07, 6.45) is 0.972. The van der Waals surface area contributed by atoms with Crippen LogP contribution in [-0.4, -0.2) is 95.3 Å². The fourth-order valence-corrected chi connectivity index (χ4v) is 7.38. The first-order valence-corrected chi connectivity index (χ1v) is 21.4. The molecule has 2 aromatic heterocycles. The number of unbranched alkanes of at least 4 members (excludes halogenated alkanes) is 3. The lowest BCUT2D eigenvalue weighted by atomic mass is 9.92. The fraction of sp³-hybridized carbons (Fsp3) is 0.354. The standard InChI is InChI=1S/C48H52FN5O12/c1-29(55)20-33(25-42(57)58)47(64)53-36(27-44(61)62)40(56)24-34(26-43(59)60)46(63)50-18-10-2-3-11-19-66-41-17-16-31(21-35(41)49)23-38-48(65)54-28-39(32-14-8-5-9-15-32)51-37(45(54)52-38)22-30-12-6-4-7-13-30/h4-9,12-17,21,28,33-34,36,65H,2-3,10-11,18-20,22-27H2,1H3,(H,50,63)(H,53,64)(H,57,58)(H,59,60)(H,61,62)/t33-,34-,36-/m0/s1. The van der Waals surface area contributed by atoms with Crippen molar-refractivity contribution in [3.8, 4) is 22.9 Å². The van der Waals surface area contributed by atoms with E-state index in [4.69, 9.17) is 19.8 Å². The predicted molar refractivity (Wildman–Crippen MR) is 236 cm³/mol. The summed E-state index contributed by atoms with van der Waals surface area (Å²) < 4.78 is 22.6. The molecule has 0 aliphatic heterocycles. The van der Waals surface area contributed by atoms with Crippen molar-refractivity contribution in [3.05, 3.63) is 113 Å². The van der Waals surface area contributed by atoms with Crippen molar-refractivity contribution in [1.29, 1.82) is 0 Å². The molecule has 0 fully saturated rings. The molecular formula is C48H52FN5O12. The second kappa shape index (κ2) is 24.0. The van der Waals surface area contributed by atoms with Crippen molar-refractivity contribution < 1.29 is 63.1 Å². The first-order chi connectivity index (χ1) is 31.6.